The number of nitrogens with one attached hydrogen (secondary N) is 3. The van der Waals surface area contributed by atoms with Crippen molar-refractivity contribution in [3.8, 4) is 0 Å². The van der Waals surface area contributed by atoms with Gasteiger partial charge in [0.25, 0.3) is 5.91 Å². The quantitative estimate of drug-likeness (QED) is 0.489. The van der Waals surface area contributed by atoms with Crippen LogP contribution in [0.5, 0.6) is 0 Å². The van der Waals surface area contributed by atoms with E-state index in [1.165, 1.54) is 24.8 Å². The van der Waals surface area contributed by atoms with Crippen LogP contribution in [0, 0.1) is 3.57 Å². The standard InChI is InChI=1S/C22H20F3IN4O2/c1-32-30-20(18(7-9-28-30)22(23,24)25)16-4-2-3-5-17(16)21(31)29-14-10-13-12-27-8-6-15(13)19(26)11-14/h2-5,7,9-11,27-28H,6,8,12H2,1H3,(H,29,31). The summed E-state index contributed by atoms with van der Waals surface area (Å²) >= 11 is 2.24. The lowest BCUT2D eigenvalue weighted by Crippen LogP contribution is -2.37. The monoisotopic (exact) mass is 556 g/mol. The number of anilines is 1. The summed E-state index contributed by atoms with van der Waals surface area (Å²) in [5.74, 6) is -0.514. The SMILES string of the molecule is CON1NC=CC(C(F)(F)F)=C1c1ccccc1C(=O)Nc1cc(I)c2c(c1)CNCC2. The number of halogens is 4. The molecule has 3 N–H and O–H groups in total. The Kier molecular flexibility index (Phi) is 6.45. The number of hydrogen-bond acceptors (Lipinski definition) is 5. The molecule has 2 aromatic rings. The van der Waals surface area contributed by atoms with Gasteiger partial charge in [-0.3, -0.25) is 15.1 Å². The third-order valence-electron chi connectivity index (χ3n) is 5.23. The molecule has 0 saturated heterocycles. The summed E-state index contributed by atoms with van der Waals surface area (Å²) in [4.78, 5) is 18.3. The molecule has 0 fully saturated rings. The van der Waals surface area contributed by atoms with Crippen molar-refractivity contribution in [1.29, 1.82) is 0 Å². The summed E-state index contributed by atoms with van der Waals surface area (Å²) in [6, 6.07) is 9.91. The molecule has 0 bridgehead atoms. The summed E-state index contributed by atoms with van der Waals surface area (Å²) in [5.41, 5.74) is 4.51. The molecule has 2 heterocycles. The number of amides is 1. The van der Waals surface area contributed by atoms with Gasteiger partial charge in [-0.1, -0.05) is 18.2 Å². The van der Waals surface area contributed by atoms with Crippen molar-refractivity contribution in [1.82, 2.24) is 15.9 Å². The molecule has 0 atom stereocenters. The second-order valence-electron chi connectivity index (χ2n) is 7.22. The van der Waals surface area contributed by atoms with Gasteiger partial charge in [-0.25, -0.2) is 0 Å². The van der Waals surface area contributed by atoms with Gasteiger partial charge >= 0.3 is 6.18 Å². The molecule has 6 nitrogen and oxygen atoms in total. The topological polar surface area (TPSA) is 65.6 Å². The van der Waals surface area contributed by atoms with E-state index in [1.807, 2.05) is 12.1 Å². The fraction of sp³-hybridized carbons (Fsp3) is 0.227. The van der Waals surface area contributed by atoms with Crippen LogP contribution in [0.3, 0.4) is 0 Å². The van der Waals surface area contributed by atoms with Crippen molar-refractivity contribution in [3.63, 3.8) is 0 Å². The van der Waals surface area contributed by atoms with Gasteiger partial charge in [0.05, 0.1) is 12.7 Å². The Labute approximate surface area is 196 Å². The Morgan fingerprint density at radius 3 is 2.78 bits per heavy atom. The zero-order valence-electron chi connectivity index (χ0n) is 17.0. The lowest BCUT2D eigenvalue weighted by atomic mass is 9.98. The smallest absolute Gasteiger partial charge is 0.322 e. The van der Waals surface area contributed by atoms with E-state index in [1.54, 1.807) is 12.1 Å². The summed E-state index contributed by atoms with van der Waals surface area (Å²) < 4.78 is 42.3. The van der Waals surface area contributed by atoms with Crippen molar-refractivity contribution >= 4 is 39.9 Å². The number of nitrogens with zero attached hydrogens (tertiary/aromatic N) is 1. The number of carbonyl (C=O) groups is 1. The maximum Gasteiger partial charge on any atom is 0.418 e. The first-order valence-corrected chi connectivity index (χ1v) is 10.9. The molecule has 10 heteroatoms. The lowest BCUT2D eigenvalue weighted by molar-refractivity contribution is -0.119. The number of fused-ring (bicyclic) bond motifs is 1. The molecule has 2 aliphatic heterocycles. The number of alkyl halides is 3. The van der Waals surface area contributed by atoms with Crippen molar-refractivity contribution < 1.29 is 22.8 Å². The van der Waals surface area contributed by atoms with Crippen LogP contribution in [0.4, 0.5) is 18.9 Å². The molecule has 0 aromatic heterocycles. The van der Waals surface area contributed by atoms with Gasteiger partial charge in [0, 0.05) is 33.1 Å². The van der Waals surface area contributed by atoms with Gasteiger partial charge in [-0.05, 0) is 71.0 Å². The van der Waals surface area contributed by atoms with Crippen LogP contribution in [-0.4, -0.2) is 30.9 Å². The van der Waals surface area contributed by atoms with Gasteiger partial charge < -0.3 is 10.6 Å². The molecule has 168 valence electrons. The number of hydroxylamine groups is 1. The highest BCUT2D eigenvalue weighted by molar-refractivity contribution is 14.1. The van der Waals surface area contributed by atoms with Gasteiger partial charge in [0.2, 0.25) is 0 Å². The summed E-state index contributed by atoms with van der Waals surface area (Å²) in [6.45, 7) is 1.60. The van der Waals surface area contributed by atoms with Crippen molar-refractivity contribution in [2.24, 2.45) is 0 Å². The summed E-state index contributed by atoms with van der Waals surface area (Å²) in [6.07, 6.45) is -1.69. The first-order chi connectivity index (χ1) is 15.3. The van der Waals surface area contributed by atoms with Crippen LogP contribution >= 0.6 is 22.6 Å². The van der Waals surface area contributed by atoms with Crippen LogP contribution < -0.4 is 16.1 Å². The summed E-state index contributed by atoms with van der Waals surface area (Å²) in [5, 5.41) is 7.03. The van der Waals surface area contributed by atoms with Crippen LogP contribution in [0.1, 0.15) is 27.0 Å². The minimum absolute atomic E-state index is 0.0883. The third kappa shape index (κ3) is 4.48. The zero-order chi connectivity index (χ0) is 22.9. The number of allylic oxidation sites excluding steroid dienone is 2. The largest absolute Gasteiger partial charge is 0.418 e. The van der Waals surface area contributed by atoms with Crippen LogP contribution in [0.15, 0.2) is 54.2 Å². The number of carbonyl (C=O) groups excluding carboxylic acids is 1. The fourth-order valence-corrected chi connectivity index (χ4v) is 4.75. The molecule has 0 aliphatic carbocycles. The molecule has 0 spiro atoms. The molecule has 0 radical (unpaired) electrons. The van der Waals surface area contributed by atoms with E-state index in [4.69, 9.17) is 4.84 Å². The molecular weight excluding hydrogens is 536 g/mol. The molecule has 4 rings (SSSR count). The van der Waals surface area contributed by atoms with Crippen molar-refractivity contribution in [3.05, 3.63) is 80.1 Å². The zero-order valence-corrected chi connectivity index (χ0v) is 19.2. The Morgan fingerprint density at radius 1 is 1.25 bits per heavy atom. The van der Waals surface area contributed by atoms with Gasteiger partial charge in [0.15, 0.2) is 0 Å². The van der Waals surface area contributed by atoms with E-state index in [0.717, 1.165) is 39.5 Å². The predicted molar refractivity (Wildman–Crippen MR) is 123 cm³/mol. The Balaban J connectivity index is 1.74. The van der Waals surface area contributed by atoms with E-state index in [0.29, 0.717) is 12.2 Å². The first kappa shape index (κ1) is 22.6. The predicted octanol–water partition coefficient (Wildman–Crippen LogP) is 4.36. The Morgan fingerprint density at radius 2 is 2.03 bits per heavy atom. The third-order valence-corrected chi connectivity index (χ3v) is 6.19. The van der Waals surface area contributed by atoms with E-state index in [9.17, 15) is 18.0 Å². The highest BCUT2D eigenvalue weighted by Gasteiger charge is 2.39. The van der Waals surface area contributed by atoms with E-state index in [-0.39, 0.29) is 16.8 Å². The maximum absolute atomic E-state index is 13.7. The van der Waals surface area contributed by atoms with E-state index < -0.39 is 17.7 Å². The number of rotatable bonds is 4. The average molecular weight is 556 g/mol. The van der Waals surface area contributed by atoms with Crippen LogP contribution in [0.25, 0.3) is 5.70 Å². The second kappa shape index (κ2) is 9.12. The Hall–Kier alpha value is -2.57. The van der Waals surface area contributed by atoms with E-state index >= 15 is 0 Å². The van der Waals surface area contributed by atoms with E-state index in [2.05, 4.69) is 38.7 Å². The number of hydrogen-bond donors (Lipinski definition) is 3. The minimum Gasteiger partial charge on any atom is -0.322 e. The first-order valence-electron chi connectivity index (χ1n) is 9.81. The summed E-state index contributed by atoms with van der Waals surface area (Å²) in [7, 11) is 1.24. The number of benzene rings is 2. The highest BCUT2D eigenvalue weighted by atomic mass is 127. The van der Waals surface area contributed by atoms with Crippen molar-refractivity contribution in [2.45, 2.75) is 19.1 Å². The fourth-order valence-electron chi connectivity index (χ4n) is 3.79. The normalized spacial score (nSPS) is 16.0. The highest BCUT2D eigenvalue weighted by Crippen LogP contribution is 2.37. The average Bonchev–Trinajstić information content (AvgIpc) is 2.78. The molecule has 32 heavy (non-hydrogen) atoms. The molecule has 0 saturated carbocycles. The molecule has 1 amide bonds. The van der Waals surface area contributed by atoms with Crippen LogP contribution in [0.2, 0.25) is 0 Å². The molecule has 2 aromatic carbocycles. The Bertz CT molecular complexity index is 1110. The van der Waals surface area contributed by atoms with Gasteiger partial charge in [0.1, 0.15) is 5.70 Å². The van der Waals surface area contributed by atoms with Crippen molar-refractivity contribution in [2.75, 3.05) is 19.0 Å². The second-order valence-corrected chi connectivity index (χ2v) is 8.38. The maximum atomic E-state index is 13.7. The van der Waals surface area contributed by atoms with Gasteiger partial charge in [-0.2, -0.15) is 18.3 Å². The molecular formula is C22H20F3IN4O2. The lowest BCUT2D eigenvalue weighted by Gasteiger charge is -2.30. The molecule has 2 aliphatic rings. The molecule has 0 unspecified atom stereocenters. The minimum atomic E-state index is -4.64. The number of hydrazine groups is 1. The van der Waals surface area contributed by atoms with Gasteiger partial charge in [-0.15, -0.1) is 0 Å². The van der Waals surface area contributed by atoms with Crippen LogP contribution in [-0.2, 0) is 17.8 Å².